The average Bonchev–Trinajstić information content (AvgIpc) is 2.63. The summed E-state index contributed by atoms with van der Waals surface area (Å²) in [6.07, 6.45) is 5.38. The van der Waals surface area contributed by atoms with E-state index in [1.54, 1.807) is 0 Å². The van der Waals surface area contributed by atoms with Crippen LogP contribution >= 0.6 is 0 Å². The summed E-state index contributed by atoms with van der Waals surface area (Å²) in [6.45, 7) is 0.664. The summed E-state index contributed by atoms with van der Waals surface area (Å²) in [5, 5.41) is 8.67. The van der Waals surface area contributed by atoms with Crippen molar-refractivity contribution in [1.82, 2.24) is 0 Å². The summed E-state index contributed by atoms with van der Waals surface area (Å²) in [7, 11) is 0. The van der Waals surface area contributed by atoms with Gasteiger partial charge in [-0.25, -0.2) is 0 Å². The molecule has 0 aromatic carbocycles. The molecule has 3 unspecified atom stereocenters. The lowest BCUT2D eigenvalue weighted by atomic mass is 10.0. The monoisotopic (exact) mass is 223 g/mol. The number of ether oxygens (including phenoxy) is 2. The smallest absolute Gasteiger partial charge is 0.168 e. The minimum atomic E-state index is -0.493. The van der Waals surface area contributed by atoms with Crippen LogP contribution in [0.1, 0.15) is 38.5 Å². The highest BCUT2D eigenvalue weighted by Crippen LogP contribution is 2.43. The molecule has 1 saturated carbocycles. The Morgan fingerprint density at radius 1 is 1.50 bits per heavy atom. The van der Waals surface area contributed by atoms with E-state index >= 15 is 0 Å². The van der Waals surface area contributed by atoms with Crippen LogP contribution < -0.4 is 0 Å². The molecule has 4 nitrogen and oxygen atoms in total. The van der Waals surface area contributed by atoms with Crippen molar-refractivity contribution in [2.45, 2.75) is 50.4 Å². The molecule has 0 N–H and O–H groups in total. The van der Waals surface area contributed by atoms with Gasteiger partial charge in [-0.1, -0.05) is 0 Å². The lowest BCUT2D eigenvalue weighted by Crippen LogP contribution is -2.43. The fourth-order valence-corrected chi connectivity index (χ4v) is 2.66. The molecule has 2 rings (SSSR count). The Hall–Kier alpha value is -0.920. The molecule has 0 bridgehead atoms. The molecular weight excluding hydrogens is 206 g/mol. The first-order valence-corrected chi connectivity index (χ1v) is 5.90. The summed E-state index contributed by atoms with van der Waals surface area (Å²) in [6, 6.07) is 2.20. The average molecular weight is 223 g/mol. The lowest BCUT2D eigenvalue weighted by Gasteiger charge is -2.38. The van der Waals surface area contributed by atoms with Crippen molar-refractivity contribution in [1.29, 1.82) is 5.26 Å². The van der Waals surface area contributed by atoms with Crippen molar-refractivity contribution in [3.63, 3.8) is 0 Å². The van der Waals surface area contributed by atoms with Gasteiger partial charge < -0.3 is 14.3 Å². The molecule has 0 amide bonds. The molecule has 1 aliphatic heterocycles. The van der Waals surface area contributed by atoms with E-state index in [1.165, 1.54) is 0 Å². The van der Waals surface area contributed by atoms with Gasteiger partial charge in [0, 0.05) is 25.7 Å². The van der Waals surface area contributed by atoms with Gasteiger partial charge in [0.1, 0.15) is 6.29 Å². The Morgan fingerprint density at radius 2 is 2.38 bits per heavy atom. The molecule has 2 fully saturated rings. The van der Waals surface area contributed by atoms with Gasteiger partial charge in [-0.05, 0) is 18.8 Å². The highest BCUT2D eigenvalue weighted by atomic mass is 16.7. The first kappa shape index (κ1) is 11.6. The van der Waals surface area contributed by atoms with Gasteiger partial charge in [0.2, 0.25) is 0 Å². The second-order valence-corrected chi connectivity index (χ2v) is 4.66. The third kappa shape index (κ3) is 2.42. The third-order valence-electron chi connectivity index (χ3n) is 3.46. The normalized spacial score (nSPS) is 38.4. The molecule has 1 saturated heterocycles. The number of nitriles is 1. The molecule has 0 aromatic rings. The Bertz CT molecular complexity index is 299. The third-order valence-corrected chi connectivity index (χ3v) is 3.46. The van der Waals surface area contributed by atoms with Gasteiger partial charge in [-0.3, -0.25) is 0 Å². The van der Waals surface area contributed by atoms with Gasteiger partial charge in [0.15, 0.2) is 5.79 Å². The largest absolute Gasteiger partial charge is 0.350 e. The first-order chi connectivity index (χ1) is 7.78. The van der Waals surface area contributed by atoms with Crippen molar-refractivity contribution in [3.05, 3.63) is 0 Å². The van der Waals surface area contributed by atoms with E-state index < -0.39 is 5.79 Å². The van der Waals surface area contributed by atoms with E-state index in [0.717, 1.165) is 32.0 Å². The van der Waals surface area contributed by atoms with Crippen LogP contribution in [-0.2, 0) is 14.3 Å². The molecule has 1 spiro atoms. The highest BCUT2D eigenvalue weighted by molar-refractivity contribution is 5.50. The predicted octanol–water partition coefficient (Wildman–Crippen LogP) is 1.79. The summed E-state index contributed by atoms with van der Waals surface area (Å²) < 4.78 is 11.6. The fourth-order valence-electron chi connectivity index (χ4n) is 2.66. The van der Waals surface area contributed by atoms with Gasteiger partial charge in [-0.15, -0.1) is 0 Å². The van der Waals surface area contributed by atoms with Crippen molar-refractivity contribution >= 4 is 6.29 Å². The van der Waals surface area contributed by atoms with E-state index in [2.05, 4.69) is 6.07 Å². The molecular formula is C12H17NO3. The van der Waals surface area contributed by atoms with Crippen LogP contribution in [0, 0.1) is 17.2 Å². The maximum atomic E-state index is 10.5. The van der Waals surface area contributed by atoms with Crippen LogP contribution in [-0.4, -0.2) is 24.8 Å². The standard InChI is InChI=1S/C12H17NO3/c13-6-2-10-1-5-12(9-10)15-8-4-11(16-12)3-7-14/h7,10-11H,1-5,8-9H2. The Kier molecular flexibility index (Phi) is 3.57. The van der Waals surface area contributed by atoms with E-state index in [-0.39, 0.29) is 6.10 Å². The SMILES string of the molecule is N#CCC1CCC2(C1)OCCC(CC=O)O2. The molecule has 3 atom stereocenters. The van der Waals surface area contributed by atoms with Crippen LogP contribution in [0.2, 0.25) is 0 Å². The first-order valence-electron chi connectivity index (χ1n) is 5.90. The topological polar surface area (TPSA) is 59.3 Å². The summed E-state index contributed by atoms with van der Waals surface area (Å²) in [4.78, 5) is 10.5. The molecule has 1 heterocycles. The number of aldehydes is 1. The number of nitrogens with zero attached hydrogens (tertiary/aromatic N) is 1. The van der Waals surface area contributed by atoms with Gasteiger partial charge in [0.05, 0.1) is 18.8 Å². The minimum absolute atomic E-state index is 0.00656. The van der Waals surface area contributed by atoms with Crippen LogP contribution in [0.5, 0.6) is 0 Å². The highest BCUT2D eigenvalue weighted by Gasteiger charge is 2.44. The van der Waals surface area contributed by atoms with Crippen molar-refractivity contribution in [2.24, 2.45) is 5.92 Å². The number of carbonyl (C=O) groups is 1. The number of carbonyl (C=O) groups excluding carboxylic acids is 1. The van der Waals surface area contributed by atoms with Crippen LogP contribution in [0.25, 0.3) is 0 Å². The summed E-state index contributed by atoms with van der Waals surface area (Å²) in [5.41, 5.74) is 0. The number of rotatable bonds is 3. The van der Waals surface area contributed by atoms with Crippen LogP contribution in [0.4, 0.5) is 0 Å². The molecule has 0 aromatic heterocycles. The Labute approximate surface area is 95.5 Å². The maximum absolute atomic E-state index is 10.5. The van der Waals surface area contributed by atoms with E-state index in [9.17, 15) is 4.79 Å². The zero-order valence-electron chi connectivity index (χ0n) is 9.35. The summed E-state index contributed by atoms with van der Waals surface area (Å²) in [5.74, 6) is -0.104. The van der Waals surface area contributed by atoms with Gasteiger partial charge >= 0.3 is 0 Å². The maximum Gasteiger partial charge on any atom is 0.168 e. The molecule has 88 valence electrons. The van der Waals surface area contributed by atoms with E-state index in [0.29, 0.717) is 25.4 Å². The zero-order chi connectivity index (χ0) is 11.4. The molecule has 1 aliphatic carbocycles. The van der Waals surface area contributed by atoms with Crippen LogP contribution in [0.15, 0.2) is 0 Å². The van der Waals surface area contributed by atoms with Crippen LogP contribution in [0.3, 0.4) is 0 Å². The molecule has 0 radical (unpaired) electrons. The molecule has 2 aliphatic rings. The second-order valence-electron chi connectivity index (χ2n) is 4.66. The Morgan fingerprint density at radius 3 is 3.12 bits per heavy atom. The summed E-state index contributed by atoms with van der Waals surface area (Å²) >= 11 is 0. The van der Waals surface area contributed by atoms with Crippen molar-refractivity contribution < 1.29 is 14.3 Å². The molecule has 16 heavy (non-hydrogen) atoms. The van der Waals surface area contributed by atoms with E-state index in [1.807, 2.05) is 0 Å². The zero-order valence-corrected chi connectivity index (χ0v) is 9.35. The fraction of sp³-hybridized carbons (Fsp3) is 0.833. The minimum Gasteiger partial charge on any atom is -0.350 e. The Balaban J connectivity index is 1.93. The van der Waals surface area contributed by atoms with Gasteiger partial charge in [0.25, 0.3) is 0 Å². The van der Waals surface area contributed by atoms with E-state index in [4.69, 9.17) is 14.7 Å². The quantitative estimate of drug-likeness (QED) is 0.684. The lowest BCUT2D eigenvalue weighted by molar-refractivity contribution is -0.289. The van der Waals surface area contributed by atoms with Crippen molar-refractivity contribution in [2.75, 3.05) is 6.61 Å². The predicted molar refractivity (Wildman–Crippen MR) is 56.4 cm³/mol. The second kappa shape index (κ2) is 4.94. The van der Waals surface area contributed by atoms with Crippen molar-refractivity contribution in [3.8, 4) is 6.07 Å². The van der Waals surface area contributed by atoms with Gasteiger partial charge in [-0.2, -0.15) is 5.26 Å². The number of hydrogen-bond acceptors (Lipinski definition) is 4. The molecule has 4 heteroatoms. The number of hydrogen-bond donors (Lipinski definition) is 0.